The number of ether oxygens (including phenoxy) is 3. The SMILES string of the molecule is COc1ccc(C(=O)COC(=O)Cn2nnc(-c3cccs3)n2)cc1OC. The Labute approximate surface area is 158 Å². The van der Waals surface area contributed by atoms with Gasteiger partial charge in [0.25, 0.3) is 0 Å². The number of tetrazole rings is 1. The van der Waals surface area contributed by atoms with Gasteiger partial charge < -0.3 is 14.2 Å². The number of carbonyl (C=O) groups excluding carboxylic acids is 2. The third kappa shape index (κ3) is 4.47. The highest BCUT2D eigenvalue weighted by atomic mass is 32.1. The first-order valence-electron chi connectivity index (χ1n) is 7.83. The van der Waals surface area contributed by atoms with Crippen LogP contribution >= 0.6 is 11.3 Å². The lowest BCUT2D eigenvalue weighted by Gasteiger charge is -2.09. The molecule has 0 radical (unpaired) electrons. The number of carbonyl (C=O) groups is 2. The lowest BCUT2D eigenvalue weighted by molar-refractivity contribution is -0.143. The summed E-state index contributed by atoms with van der Waals surface area (Å²) in [7, 11) is 2.98. The summed E-state index contributed by atoms with van der Waals surface area (Å²) in [6.45, 7) is -0.640. The molecule has 0 aliphatic heterocycles. The van der Waals surface area contributed by atoms with Crippen LogP contribution in [0.3, 0.4) is 0 Å². The standard InChI is InChI=1S/C17H16N4O5S/c1-24-13-6-5-11(8-14(13)25-2)12(22)10-26-16(23)9-21-19-17(18-20-21)15-4-3-7-27-15/h3-8H,9-10H2,1-2H3. The van der Waals surface area contributed by atoms with Crippen molar-refractivity contribution < 1.29 is 23.8 Å². The Kier molecular flexibility index (Phi) is 5.77. The van der Waals surface area contributed by atoms with Gasteiger partial charge >= 0.3 is 5.97 Å². The average molecular weight is 388 g/mol. The first kappa shape index (κ1) is 18.5. The van der Waals surface area contributed by atoms with E-state index >= 15 is 0 Å². The Bertz CT molecular complexity index is 939. The summed E-state index contributed by atoms with van der Waals surface area (Å²) in [5.41, 5.74) is 0.347. The number of hydrogen-bond acceptors (Lipinski definition) is 9. The topological polar surface area (TPSA) is 105 Å². The van der Waals surface area contributed by atoms with Gasteiger partial charge in [-0.2, -0.15) is 4.80 Å². The van der Waals surface area contributed by atoms with Gasteiger partial charge in [-0.3, -0.25) is 4.79 Å². The Morgan fingerprint density at radius 2 is 1.96 bits per heavy atom. The molecule has 0 saturated heterocycles. The number of esters is 1. The van der Waals surface area contributed by atoms with E-state index in [1.807, 2.05) is 17.5 Å². The molecule has 0 atom stereocenters. The van der Waals surface area contributed by atoms with Gasteiger partial charge in [-0.05, 0) is 34.9 Å². The van der Waals surface area contributed by atoms with E-state index in [1.165, 1.54) is 31.6 Å². The first-order valence-corrected chi connectivity index (χ1v) is 8.71. The van der Waals surface area contributed by atoms with Crippen molar-refractivity contribution in [3.8, 4) is 22.2 Å². The minimum atomic E-state index is -0.640. The lowest BCUT2D eigenvalue weighted by Crippen LogP contribution is -2.20. The summed E-state index contributed by atoms with van der Waals surface area (Å²) >= 11 is 1.47. The largest absolute Gasteiger partial charge is 0.493 e. The molecule has 0 N–H and O–H groups in total. The summed E-state index contributed by atoms with van der Waals surface area (Å²) in [5, 5.41) is 13.7. The fraction of sp³-hybridized carbons (Fsp3) is 0.235. The summed E-state index contributed by atoms with van der Waals surface area (Å²) in [4.78, 5) is 26.1. The molecule has 9 nitrogen and oxygen atoms in total. The maximum Gasteiger partial charge on any atom is 0.330 e. The highest BCUT2D eigenvalue weighted by Crippen LogP contribution is 2.27. The molecular weight excluding hydrogens is 372 g/mol. The minimum absolute atomic E-state index is 0.239. The number of thiophene rings is 1. The number of Topliss-reactive ketones (excluding diaryl/α,β-unsaturated/α-hetero) is 1. The van der Waals surface area contributed by atoms with Gasteiger partial charge in [0.05, 0.1) is 19.1 Å². The fourth-order valence-electron chi connectivity index (χ4n) is 2.21. The molecule has 3 aromatic rings. The van der Waals surface area contributed by atoms with Gasteiger partial charge in [0.15, 0.2) is 30.4 Å². The van der Waals surface area contributed by atoms with E-state index in [9.17, 15) is 9.59 Å². The zero-order valence-electron chi connectivity index (χ0n) is 14.6. The van der Waals surface area contributed by atoms with Crippen LogP contribution in [0, 0.1) is 0 Å². The number of hydrogen-bond donors (Lipinski definition) is 0. The highest BCUT2D eigenvalue weighted by molar-refractivity contribution is 7.13. The van der Waals surface area contributed by atoms with Crippen molar-refractivity contribution in [2.45, 2.75) is 6.54 Å². The molecule has 2 aromatic heterocycles. The van der Waals surface area contributed by atoms with Crippen molar-refractivity contribution in [1.82, 2.24) is 20.2 Å². The van der Waals surface area contributed by atoms with Gasteiger partial charge in [-0.1, -0.05) is 6.07 Å². The summed E-state index contributed by atoms with van der Waals surface area (Å²) in [5.74, 6) is 0.348. The number of rotatable bonds is 8. The Morgan fingerprint density at radius 1 is 1.15 bits per heavy atom. The van der Waals surface area contributed by atoms with Gasteiger partial charge in [0.2, 0.25) is 5.82 Å². The molecule has 140 valence electrons. The predicted octanol–water partition coefficient (Wildman–Crippen LogP) is 1.84. The van der Waals surface area contributed by atoms with E-state index in [0.717, 1.165) is 9.67 Å². The second kappa shape index (κ2) is 8.41. The molecule has 0 spiro atoms. The first-order chi connectivity index (χ1) is 13.1. The molecular formula is C17H16N4O5S. The zero-order valence-corrected chi connectivity index (χ0v) is 15.4. The van der Waals surface area contributed by atoms with Gasteiger partial charge in [-0.15, -0.1) is 21.5 Å². The normalized spacial score (nSPS) is 10.4. The van der Waals surface area contributed by atoms with Crippen LogP contribution in [0.5, 0.6) is 11.5 Å². The summed E-state index contributed by atoms with van der Waals surface area (Å²) in [6, 6.07) is 8.44. The van der Waals surface area contributed by atoms with E-state index in [1.54, 1.807) is 12.1 Å². The zero-order chi connectivity index (χ0) is 19.2. The van der Waals surface area contributed by atoms with E-state index in [-0.39, 0.29) is 12.3 Å². The number of ketones is 1. The van der Waals surface area contributed by atoms with Crippen LogP contribution in [0.4, 0.5) is 0 Å². The van der Waals surface area contributed by atoms with Crippen molar-refractivity contribution in [1.29, 1.82) is 0 Å². The second-order valence-electron chi connectivity index (χ2n) is 5.27. The van der Waals surface area contributed by atoms with E-state index in [4.69, 9.17) is 14.2 Å². The Balaban J connectivity index is 1.55. The van der Waals surface area contributed by atoms with E-state index in [0.29, 0.717) is 22.9 Å². The monoisotopic (exact) mass is 388 g/mol. The number of nitrogens with zero attached hydrogens (tertiary/aromatic N) is 4. The maximum atomic E-state index is 12.2. The lowest BCUT2D eigenvalue weighted by atomic mass is 10.1. The maximum absolute atomic E-state index is 12.2. The van der Waals surface area contributed by atoms with Crippen LogP contribution in [-0.2, 0) is 16.1 Å². The fourth-order valence-corrected chi connectivity index (χ4v) is 2.86. The van der Waals surface area contributed by atoms with Crippen molar-refractivity contribution in [2.24, 2.45) is 0 Å². The molecule has 0 saturated carbocycles. The van der Waals surface area contributed by atoms with Crippen LogP contribution in [0.15, 0.2) is 35.7 Å². The van der Waals surface area contributed by atoms with Gasteiger partial charge in [0, 0.05) is 5.56 Å². The van der Waals surface area contributed by atoms with Crippen molar-refractivity contribution in [3.05, 3.63) is 41.3 Å². The number of aromatic nitrogens is 4. The van der Waals surface area contributed by atoms with E-state index < -0.39 is 12.6 Å². The number of benzene rings is 1. The molecule has 0 aliphatic carbocycles. The smallest absolute Gasteiger partial charge is 0.330 e. The quantitative estimate of drug-likeness (QED) is 0.425. The molecule has 27 heavy (non-hydrogen) atoms. The van der Waals surface area contributed by atoms with Gasteiger partial charge in [-0.25, -0.2) is 4.79 Å². The third-order valence-electron chi connectivity index (χ3n) is 3.53. The van der Waals surface area contributed by atoms with Crippen LogP contribution in [-0.4, -0.2) is 52.8 Å². The molecule has 10 heteroatoms. The molecule has 0 bridgehead atoms. The molecule has 1 aromatic carbocycles. The molecule has 2 heterocycles. The third-order valence-corrected chi connectivity index (χ3v) is 4.40. The molecule has 3 rings (SSSR count). The predicted molar refractivity (Wildman–Crippen MR) is 96.0 cm³/mol. The van der Waals surface area contributed by atoms with Crippen molar-refractivity contribution in [3.63, 3.8) is 0 Å². The van der Waals surface area contributed by atoms with Crippen LogP contribution < -0.4 is 9.47 Å². The summed E-state index contributed by atoms with van der Waals surface area (Å²) in [6.07, 6.45) is 0. The minimum Gasteiger partial charge on any atom is -0.493 e. The Hall–Kier alpha value is -3.27. The average Bonchev–Trinajstić information content (AvgIpc) is 3.37. The Morgan fingerprint density at radius 3 is 2.67 bits per heavy atom. The summed E-state index contributed by atoms with van der Waals surface area (Å²) < 4.78 is 15.3. The number of methoxy groups -OCH3 is 2. The van der Waals surface area contributed by atoms with Crippen LogP contribution in [0.2, 0.25) is 0 Å². The van der Waals surface area contributed by atoms with Crippen LogP contribution in [0.25, 0.3) is 10.7 Å². The second-order valence-corrected chi connectivity index (χ2v) is 6.22. The molecule has 0 unspecified atom stereocenters. The molecule has 0 amide bonds. The molecule has 0 aliphatic rings. The van der Waals surface area contributed by atoms with Crippen LogP contribution in [0.1, 0.15) is 10.4 Å². The van der Waals surface area contributed by atoms with Gasteiger partial charge in [0.1, 0.15) is 0 Å². The van der Waals surface area contributed by atoms with Crippen molar-refractivity contribution in [2.75, 3.05) is 20.8 Å². The molecule has 0 fully saturated rings. The van der Waals surface area contributed by atoms with E-state index in [2.05, 4.69) is 15.4 Å². The highest BCUT2D eigenvalue weighted by Gasteiger charge is 2.15. The van der Waals surface area contributed by atoms with Crippen molar-refractivity contribution >= 4 is 23.1 Å².